The number of thiocarbonyl (C=S) groups is 1. The van der Waals surface area contributed by atoms with Crippen molar-refractivity contribution >= 4 is 46.1 Å². The average molecular weight is 537 g/mol. The van der Waals surface area contributed by atoms with Crippen LogP contribution in [-0.2, 0) is 17.9 Å². The highest BCUT2D eigenvalue weighted by Crippen LogP contribution is 2.38. The Bertz CT molecular complexity index is 1420. The molecule has 1 aromatic heterocycles. The summed E-state index contributed by atoms with van der Waals surface area (Å²) in [7, 11) is 0. The maximum atomic E-state index is 13.5. The molecule has 8 nitrogen and oxygen atoms in total. The van der Waals surface area contributed by atoms with Gasteiger partial charge < -0.3 is 14.4 Å². The van der Waals surface area contributed by atoms with Crippen LogP contribution in [0, 0.1) is 24.2 Å². The molecule has 0 radical (unpaired) electrons. The predicted octanol–water partition coefficient (Wildman–Crippen LogP) is 4.41. The molecule has 0 N–H and O–H groups in total. The number of carbonyl (C=O) groups excluding carboxylic acids is 1. The van der Waals surface area contributed by atoms with Gasteiger partial charge in [-0.15, -0.1) is 0 Å². The fraction of sp³-hybridized carbons (Fsp3) is 0.407. The molecular weight excluding hydrogens is 508 g/mol. The zero-order valence-corrected chi connectivity index (χ0v) is 22.7. The Kier molecular flexibility index (Phi) is 7.01. The van der Waals surface area contributed by atoms with Crippen LogP contribution in [0.1, 0.15) is 48.9 Å². The number of fused-ring (bicyclic) bond motifs is 1. The first-order valence-electron chi connectivity index (χ1n) is 12.4. The van der Waals surface area contributed by atoms with Crippen LogP contribution in [0.25, 0.3) is 6.08 Å². The number of ether oxygens (including phenoxy) is 2. The molecule has 0 spiro atoms. The number of benzene rings is 1. The molecule has 0 atom stereocenters. The minimum Gasteiger partial charge on any atom is -0.454 e. The van der Waals surface area contributed by atoms with Gasteiger partial charge in [0.25, 0.3) is 11.5 Å². The molecule has 5 rings (SSSR count). The zero-order valence-electron chi connectivity index (χ0n) is 21.1. The quantitative estimate of drug-likeness (QED) is 0.410. The van der Waals surface area contributed by atoms with Crippen LogP contribution in [-0.4, -0.2) is 39.6 Å². The number of rotatable bonds is 5. The van der Waals surface area contributed by atoms with E-state index in [9.17, 15) is 14.9 Å². The van der Waals surface area contributed by atoms with Gasteiger partial charge in [0.05, 0.1) is 11.4 Å². The van der Waals surface area contributed by atoms with E-state index in [1.54, 1.807) is 16.4 Å². The van der Waals surface area contributed by atoms with E-state index in [2.05, 4.69) is 17.9 Å². The number of thioether (sulfide) groups is 1. The van der Waals surface area contributed by atoms with Crippen molar-refractivity contribution < 1.29 is 14.3 Å². The summed E-state index contributed by atoms with van der Waals surface area (Å²) in [5.41, 5.74) is 2.03. The number of nitrogens with zero attached hydrogens (tertiary/aromatic N) is 4. The number of piperidine rings is 1. The van der Waals surface area contributed by atoms with Crippen LogP contribution in [0.4, 0.5) is 5.82 Å². The van der Waals surface area contributed by atoms with Gasteiger partial charge in [0, 0.05) is 25.2 Å². The Morgan fingerprint density at radius 3 is 2.65 bits per heavy atom. The van der Waals surface area contributed by atoms with Gasteiger partial charge in [0.1, 0.15) is 21.8 Å². The second-order valence-electron chi connectivity index (χ2n) is 9.52. The Hall–Kier alpha value is -3.29. The first kappa shape index (κ1) is 25.4. The van der Waals surface area contributed by atoms with Crippen molar-refractivity contribution in [2.75, 3.05) is 24.8 Å². The minimum absolute atomic E-state index is 0.109. The Morgan fingerprint density at radius 2 is 1.95 bits per heavy atom. The molecule has 1 amide bonds. The lowest BCUT2D eigenvalue weighted by Gasteiger charge is -2.35. The number of hydrogen-bond acceptors (Lipinski definition) is 8. The van der Waals surface area contributed by atoms with Gasteiger partial charge in [-0.25, -0.2) is 0 Å². The van der Waals surface area contributed by atoms with E-state index < -0.39 is 0 Å². The van der Waals surface area contributed by atoms with Crippen molar-refractivity contribution in [3.05, 3.63) is 55.7 Å². The van der Waals surface area contributed by atoms with E-state index >= 15 is 0 Å². The van der Waals surface area contributed by atoms with Gasteiger partial charge in [-0.05, 0) is 61.9 Å². The number of hydrogen-bond donors (Lipinski definition) is 0. The second-order valence-corrected chi connectivity index (χ2v) is 11.2. The van der Waals surface area contributed by atoms with Crippen LogP contribution in [0.3, 0.4) is 0 Å². The lowest BCUT2D eigenvalue weighted by Crippen LogP contribution is -2.39. The molecule has 0 bridgehead atoms. The third-order valence-corrected chi connectivity index (χ3v) is 8.55. The fourth-order valence-electron chi connectivity index (χ4n) is 4.99. The van der Waals surface area contributed by atoms with E-state index in [0.29, 0.717) is 45.3 Å². The molecule has 3 aliphatic heterocycles. The lowest BCUT2D eigenvalue weighted by molar-refractivity contribution is -0.122. The Morgan fingerprint density at radius 1 is 1.22 bits per heavy atom. The molecule has 2 aromatic rings. The van der Waals surface area contributed by atoms with Crippen molar-refractivity contribution in [3.8, 4) is 17.6 Å². The summed E-state index contributed by atoms with van der Waals surface area (Å²) >= 11 is 6.83. The summed E-state index contributed by atoms with van der Waals surface area (Å²) in [6.45, 7) is 8.49. The summed E-state index contributed by atoms with van der Waals surface area (Å²) in [4.78, 5) is 31.0. The summed E-state index contributed by atoms with van der Waals surface area (Å²) in [6.07, 6.45) is 3.86. The number of amides is 1. The zero-order chi connectivity index (χ0) is 26.3. The normalized spacial score (nSPS) is 18.7. The maximum Gasteiger partial charge on any atom is 0.270 e. The molecule has 2 fully saturated rings. The lowest BCUT2D eigenvalue weighted by atomic mass is 9.97. The molecule has 4 heterocycles. The molecule has 2 saturated heterocycles. The number of anilines is 1. The molecule has 192 valence electrons. The first-order chi connectivity index (χ1) is 17.8. The van der Waals surface area contributed by atoms with Crippen molar-refractivity contribution in [3.63, 3.8) is 0 Å². The van der Waals surface area contributed by atoms with Gasteiger partial charge in [-0.3, -0.25) is 19.1 Å². The van der Waals surface area contributed by atoms with Gasteiger partial charge in [-0.1, -0.05) is 37.0 Å². The molecule has 10 heteroatoms. The molecule has 1 aromatic carbocycles. The monoisotopic (exact) mass is 536 g/mol. The molecule has 0 saturated carbocycles. The topological polar surface area (TPSA) is 87.8 Å². The van der Waals surface area contributed by atoms with E-state index in [4.69, 9.17) is 21.7 Å². The van der Waals surface area contributed by atoms with Gasteiger partial charge in [-0.2, -0.15) is 5.26 Å². The Labute approximate surface area is 225 Å². The highest BCUT2D eigenvalue weighted by Gasteiger charge is 2.34. The smallest absolute Gasteiger partial charge is 0.270 e. The molecule has 3 aliphatic rings. The Balaban J connectivity index is 1.53. The summed E-state index contributed by atoms with van der Waals surface area (Å²) < 4.78 is 13.0. The summed E-state index contributed by atoms with van der Waals surface area (Å²) in [6, 6.07) is 7.68. The molecular formula is C27H28N4O4S2. The van der Waals surface area contributed by atoms with Crippen LogP contribution < -0.4 is 19.9 Å². The van der Waals surface area contributed by atoms with Crippen molar-refractivity contribution in [1.82, 2.24) is 9.47 Å². The van der Waals surface area contributed by atoms with E-state index in [1.807, 2.05) is 31.2 Å². The number of pyridine rings is 1. The van der Waals surface area contributed by atoms with Crippen LogP contribution in [0.5, 0.6) is 11.5 Å². The summed E-state index contributed by atoms with van der Waals surface area (Å²) in [5, 5.41) is 9.79. The van der Waals surface area contributed by atoms with E-state index in [1.165, 1.54) is 11.8 Å². The first-order valence-corrected chi connectivity index (χ1v) is 13.6. The standard InChI is InChI=1S/C27H28N4O4S2/c1-4-30-24(29-9-7-16(2)8-10-29)19(17(3)20(13-28)25(30)32)12-23-26(33)31(27(36)37-23)14-18-5-6-21-22(11-18)35-15-34-21/h5-6,11-12,16H,4,7-10,14-15H2,1-3H3/b23-12+. The maximum absolute atomic E-state index is 13.5. The second kappa shape index (κ2) is 10.2. The largest absolute Gasteiger partial charge is 0.454 e. The van der Waals surface area contributed by atoms with Crippen molar-refractivity contribution in [2.45, 2.75) is 46.7 Å². The van der Waals surface area contributed by atoms with Crippen molar-refractivity contribution in [2.24, 2.45) is 5.92 Å². The predicted molar refractivity (Wildman–Crippen MR) is 148 cm³/mol. The highest BCUT2D eigenvalue weighted by atomic mass is 32.2. The van der Waals surface area contributed by atoms with Crippen LogP contribution in [0.2, 0.25) is 0 Å². The molecule has 0 unspecified atom stereocenters. The van der Waals surface area contributed by atoms with Crippen molar-refractivity contribution in [1.29, 1.82) is 5.26 Å². The van der Waals surface area contributed by atoms with Gasteiger partial charge in [0.15, 0.2) is 11.5 Å². The average Bonchev–Trinajstić information content (AvgIpc) is 3.46. The van der Waals surface area contributed by atoms with Crippen LogP contribution >= 0.6 is 24.0 Å². The molecule has 37 heavy (non-hydrogen) atoms. The SMILES string of the molecule is CCn1c(N2CCC(C)CC2)c(/C=C2/SC(=S)N(Cc3ccc4c(c3)OCO4)C2=O)c(C)c(C#N)c1=O. The van der Waals surface area contributed by atoms with E-state index in [-0.39, 0.29) is 23.8 Å². The fourth-order valence-corrected chi connectivity index (χ4v) is 6.22. The van der Waals surface area contributed by atoms with Gasteiger partial charge in [0.2, 0.25) is 6.79 Å². The number of carbonyl (C=O) groups is 1. The van der Waals surface area contributed by atoms with Gasteiger partial charge >= 0.3 is 0 Å². The van der Waals surface area contributed by atoms with E-state index in [0.717, 1.165) is 42.9 Å². The minimum atomic E-state index is -0.288. The number of nitriles is 1. The highest BCUT2D eigenvalue weighted by molar-refractivity contribution is 8.26. The third kappa shape index (κ3) is 4.62. The number of aromatic nitrogens is 1. The third-order valence-electron chi connectivity index (χ3n) is 7.17. The van der Waals surface area contributed by atoms with Crippen LogP contribution in [0.15, 0.2) is 27.9 Å². The summed E-state index contributed by atoms with van der Waals surface area (Å²) in [5.74, 6) is 2.53. The molecule has 0 aliphatic carbocycles.